The van der Waals surface area contributed by atoms with Crippen molar-refractivity contribution in [2.24, 2.45) is 5.92 Å². The van der Waals surface area contributed by atoms with E-state index >= 15 is 0 Å². The number of H-pyrrole nitrogens is 2. The Hall–Kier alpha value is -2.63. The number of aromatic amines is 2. The number of hydrogen-bond donors (Lipinski definition) is 2. The van der Waals surface area contributed by atoms with Crippen LogP contribution in [0.3, 0.4) is 0 Å². The maximum atomic E-state index is 11.6. The molecule has 0 atom stereocenters. The zero-order valence-corrected chi connectivity index (χ0v) is 10.6. The number of carbonyl (C=O) groups is 1. The number of imidazole rings is 1. The average molecular weight is 268 g/mol. The van der Waals surface area contributed by atoms with Gasteiger partial charge in [0.25, 0.3) is 0 Å². The van der Waals surface area contributed by atoms with E-state index in [2.05, 4.69) is 20.2 Å². The number of nitrogens with one attached hydrogen (secondary N) is 2. The Bertz CT molecular complexity index is 752. The lowest BCUT2D eigenvalue weighted by molar-refractivity contribution is -0.136. The van der Waals surface area contributed by atoms with Crippen LogP contribution >= 0.6 is 0 Å². The Kier molecular flexibility index (Phi) is 2.35. The summed E-state index contributed by atoms with van der Waals surface area (Å²) < 4.78 is 5.19. The number of ether oxygens (including phenoxy) is 1. The third-order valence-corrected chi connectivity index (χ3v) is 3.31. The molecule has 0 spiro atoms. The number of esters is 1. The van der Waals surface area contributed by atoms with Gasteiger partial charge in [-0.1, -0.05) is 12.1 Å². The molecule has 100 valence electrons. The van der Waals surface area contributed by atoms with E-state index in [1.807, 2.05) is 24.3 Å². The van der Waals surface area contributed by atoms with Crippen LogP contribution in [0.1, 0.15) is 12.8 Å². The molecule has 0 radical (unpaired) electrons. The van der Waals surface area contributed by atoms with Gasteiger partial charge in [-0.05, 0) is 25.0 Å². The van der Waals surface area contributed by atoms with Crippen molar-refractivity contribution in [2.45, 2.75) is 12.8 Å². The van der Waals surface area contributed by atoms with Crippen LogP contribution in [-0.4, -0.2) is 26.1 Å². The highest BCUT2D eigenvalue weighted by Crippen LogP contribution is 2.31. The Balaban J connectivity index is 1.61. The minimum Gasteiger partial charge on any atom is -0.406 e. The number of aromatic nitrogens is 4. The molecule has 4 rings (SSSR count). The van der Waals surface area contributed by atoms with Crippen LogP contribution < -0.4 is 4.74 Å². The molecule has 0 amide bonds. The van der Waals surface area contributed by atoms with Crippen LogP contribution in [0.15, 0.2) is 30.3 Å². The minimum absolute atomic E-state index is 0.0568. The Morgan fingerprint density at radius 3 is 2.95 bits per heavy atom. The molecule has 2 aromatic heterocycles. The third-order valence-electron chi connectivity index (χ3n) is 3.31. The lowest BCUT2D eigenvalue weighted by atomic mass is 10.3. The summed E-state index contributed by atoms with van der Waals surface area (Å²) in [6.45, 7) is 0. The molecule has 3 aromatic rings. The summed E-state index contributed by atoms with van der Waals surface area (Å²) in [5, 5.41) is 6.81. The number of benzene rings is 1. The van der Waals surface area contributed by atoms with Crippen molar-refractivity contribution in [1.82, 2.24) is 20.2 Å². The summed E-state index contributed by atoms with van der Waals surface area (Å²) >= 11 is 0. The average Bonchev–Trinajstić information content (AvgIpc) is 3.06. The molecule has 0 aliphatic heterocycles. The van der Waals surface area contributed by atoms with E-state index in [0.29, 0.717) is 11.5 Å². The summed E-state index contributed by atoms with van der Waals surface area (Å²) in [5.74, 6) is 0.818. The second-order valence-corrected chi connectivity index (χ2v) is 4.92. The number of nitrogens with zero attached hydrogens (tertiary/aromatic N) is 2. The van der Waals surface area contributed by atoms with Gasteiger partial charge in [0, 0.05) is 6.07 Å². The van der Waals surface area contributed by atoms with Gasteiger partial charge in [0.1, 0.15) is 5.69 Å². The standard InChI is InChI=1S/C14H12N4O2/c19-14(8-5-6-8)20-12-7-11(17-18-12)13-15-9-3-1-2-4-10(9)16-13/h1-4,7-8H,5-6H2,(H,15,16)(H,17,18). The summed E-state index contributed by atoms with van der Waals surface area (Å²) in [4.78, 5) is 19.2. The van der Waals surface area contributed by atoms with Crippen molar-refractivity contribution in [1.29, 1.82) is 0 Å². The fourth-order valence-corrected chi connectivity index (χ4v) is 2.06. The largest absolute Gasteiger partial charge is 0.406 e. The number of hydrogen-bond acceptors (Lipinski definition) is 4. The normalized spacial score (nSPS) is 14.6. The second-order valence-electron chi connectivity index (χ2n) is 4.92. The molecule has 1 aliphatic rings. The first-order valence-corrected chi connectivity index (χ1v) is 6.52. The molecule has 2 N–H and O–H groups in total. The van der Waals surface area contributed by atoms with Crippen LogP contribution in [0.2, 0.25) is 0 Å². The van der Waals surface area contributed by atoms with Crippen molar-refractivity contribution in [3.8, 4) is 17.4 Å². The van der Waals surface area contributed by atoms with Crippen LogP contribution in [0, 0.1) is 5.92 Å². The van der Waals surface area contributed by atoms with E-state index in [1.54, 1.807) is 6.07 Å². The molecule has 0 saturated heterocycles. The van der Waals surface area contributed by atoms with E-state index in [4.69, 9.17) is 4.74 Å². The number of rotatable bonds is 3. The fraction of sp³-hybridized carbons (Fsp3) is 0.214. The molecular weight excluding hydrogens is 256 g/mol. The van der Waals surface area contributed by atoms with Gasteiger partial charge in [0.15, 0.2) is 5.82 Å². The Morgan fingerprint density at radius 1 is 1.30 bits per heavy atom. The van der Waals surface area contributed by atoms with Crippen molar-refractivity contribution >= 4 is 17.0 Å². The molecule has 1 saturated carbocycles. The minimum atomic E-state index is -0.201. The van der Waals surface area contributed by atoms with Crippen molar-refractivity contribution < 1.29 is 9.53 Å². The van der Waals surface area contributed by atoms with Gasteiger partial charge in [0.2, 0.25) is 5.88 Å². The molecule has 1 aliphatic carbocycles. The molecule has 1 fully saturated rings. The van der Waals surface area contributed by atoms with E-state index in [0.717, 1.165) is 23.9 Å². The van der Waals surface area contributed by atoms with Crippen LogP contribution in [0.25, 0.3) is 22.6 Å². The van der Waals surface area contributed by atoms with Crippen molar-refractivity contribution in [3.05, 3.63) is 30.3 Å². The molecule has 1 aromatic carbocycles. The molecule has 0 unspecified atom stereocenters. The molecule has 0 bridgehead atoms. The monoisotopic (exact) mass is 268 g/mol. The van der Waals surface area contributed by atoms with Gasteiger partial charge in [-0.2, -0.15) is 0 Å². The molecule has 20 heavy (non-hydrogen) atoms. The Morgan fingerprint density at radius 2 is 2.15 bits per heavy atom. The van der Waals surface area contributed by atoms with E-state index in [9.17, 15) is 4.79 Å². The number of carbonyl (C=O) groups excluding carboxylic acids is 1. The number of fused-ring (bicyclic) bond motifs is 1. The summed E-state index contributed by atoms with van der Waals surface area (Å²) in [7, 11) is 0. The topological polar surface area (TPSA) is 83.7 Å². The fourth-order valence-electron chi connectivity index (χ4n) is 2.06. The predicted molar refractivity (Wildman–Crippen MR) is 72.0 cm³/mol. The second kappa shape index (κ2) is 4.19. The van der Waals surface area contributed by atoms with E-state index in [1.165, 1.54) is 0 Å². The van der Waals surface area contributed by atoms with Gasteiger partial charge in [-0.15, -0.1) is 5.10 Å². The van der Waals surface area contributed by atoms with E-state index in [-0.39, 0.29) is 17.8 Å². The summed E-state index contributed by atoms with van der Waals surface area (Å²) in [6.07, 6.45) is 1.83. The zero-order chi connectivity index (χ0) is 13.5. The maximum Gasteiger partial charge on any atom is 0.315 e. The first-order chi connectivity index (χ1) is 9.79. The molecule has 6 heteroatoms. The highest BCUT2D eigenvalue weighted by molar-refractivity contribution is 5.79. The molecule has 2 heterocycles. The van der Waals surface area contributed by atoms with Gasteiger partial charge < -0.3 is 9.72 Å². The molecular formula is C14H12N4O2. The maximum absolute atomic E-state index is 11.6. The first kappa shape index (κ1) is 11.2. The third kappa shape index (κ3) is 1.95. The van der Waals surface area contributed by atoms with Gasteiger partial charge in [0.05, 0.1) is 17.0 Å². The van der Waals surface area contributed by atoms with Crippen LogP contribution in [0.4, 0.5) is 0 Å². The quantitative estimate of drug-likeness (QED) is 0.714. The van der Waals surface area contributed by atoms with Crippen LogP contribution in [-0.2, 0) is 4.79 Å². The van der Waals surface area contributed by atoms with Crippen LogP contribution in [0.5, 0.6) is 5.88 Å². The summed E-state index contributed by atoms with van der Waals surface area (Å²) in [5.41, 5.74) is 2.53. The highest BCUT2D eigenvalue weighted by Gasteiger charge is 2.32. The number of para-hydroxylation sites is 2. The smallest absolute Gasteiger partial charge is 0.315 e. The lowest BCUT2D eigenvalue weighted by Gasteiger charge is -1.96. The van der Waals surface area contributed by atoms with Gasteiger partial charge in [-0.3, -0.25) is 9.89 Å². The SMILES string of the molecule is O=C(Oc1cc(-c2nc3ccccc3[nH]2)[nH]n1)C1CC1. The van der Waals surface area contributed by atoms with Gasteiger partial charge >= 0.3 is 5.97 Å². The molecule has 6 nitrogen and oxygen atoms in total. The zero-order valence-electron chi connectivity index (χ0n) is 10.6. The summed E-state index contributed by atoms with van der Waals surface area (Å²) in [6, 6.07) is 9.44. The predicted octanol–water partition coefficient (Wildman–Crippen LogP) is 2.27. The van der Waals surface area contributed by atoms with Gasteiger partial charge in [-0.25, -0.2) is 4.98 Å². The van der Waals surface area contributed by atoms with E-state index < -0.39 is 0 Å². The first-order valence-electron chi connectivity index (χ1n) is 6.52. The van der Waals surface area contributed by atoms with Crippen molar-refractivity contribution in [2.75, 3.05) is 0 Å². The highest BCUT2D eigenvalue weighted by atomic mass is 16.5. The van der Waals surface area contributed by atoms with Crippen molar-refractivity contribution in [3.63, 3.8) is 0 Å². The Labute approximate surface area is 114 Å². The lowest BCUT2D eigenvalue weighted by Crippen LogP contribution is -2.09.